The smallest absolute Gasteiger partial charge is 0.135 e. The molecule has 3 heterocycles. The number of allylic oxidation sites excluding steroid dienone is 1. The molecular weight excluding hydrogens is 430 g/mol. The normalized spacial score (nSPS) is 26.3. The summed E-state index contributed by atoms with van der Waals surface area (Å²) in [5.74, 6) is 2.33. The van der Waals surface area contributed by atoms with Crippen molar-refractivity contribution < 1.29 is 4.42 Å². The molecule has 1 fully saturated rings. The van der Waals surface area contributed by atoms with E-state index in [9.17, 15) is 5.26 Å². The summed E-state index contributed by atoms with van der Waals surface area (Å²) < 4.78 is 6.30. The molecular formula is C31H25N3O. The molecule has 1 aliphatic heterocycles. The lowest BCUT2D eigenvalue weighted by molar-refractivity contribution is 0.411. The Morgan fingerprint density at radius 2 is 1.91 bits per heavy atom. The summed E-state index contributed by atoms with van der Waals surface area (Å²) in [6.45, 7) is 2.31. The van der Waals surface area contributed by atoms with Gasteiger partial charge in [0.05, 0.1) is 17.3 Å². The quantitative estimate of drug-likeness (QED) is 0.301. The number of nitriles is 1. The molecule has 4 aromatic rings. The molecule has 4 nitrogen and oxygen atoms in total. The Kier molecular flexibility index (Phi) is 4.47. The van der Waals surface area contributed by atoms with Gasteiger partial charge in [-0.1, -0.05) is 55.5 Å². The standard InChI is InChI=1S/C31H25N3O/c1-19-11-12-23-24-13-14-28-29(25-9-2-3-10-27(25)35-28)31(24)34(26(23)16-19)22-8-4-6-20(17-22)30-21(18-32)7-5-15-33-30/h2-15,17,19,23-24,26,31H,16H2,1H3. The number of nitrogens with zero attached hydrogens (tertiary/aromatic N) is 3. The maximum atomic E-state index is 9.66. The molecule has 2 aromatic carbocycles. The lowest BCUT2D eigenvalue weighted by Gasteiger charge is -2.36. The largest absolute Gasteiger partial charge is 0.456 e. The fraction of sp³-hybridized carbons (Fsp3) is 0.226. The molecule has 0 bridgehead atoms. The number of anilines is 1. The van der Waals surface area contributed by atoms with E-state index in [1.54, 1.807) is 6.20 Å². The van der Waals surface area contributed by atoms with Gasteiger partial charge in [-0.05, 0) is 48.7 Å². The van der Waals surface area contributed by atoms with Crippen molar-refractivity contribution in [3.8, 4) is 17.3 Å². The van der Waals surface area contributed by atoms with Crippen molar-refractivity contribution >= 4 is 22.7 Å². The van der Waals surface area contributed by atoms with Crippen LogP contribution < -0.4 is 4.90 Å². The number of rotatable bonds is 2. The van der Waals surface area contributed by atoms with Crippen molar-refractivity contribution in [2.75, 3.05) is 4.90 Å². The number of furan rings is 1. The highest BCUT2D eigenvalue weighted by Crippen LogP contribution is 2.56. The Bertz CT molecular complexity index is 1550. The second kappa shape index (κ2) is 7.71. The Morgan fingerprint density at radius 3 is 2.83 bits per heavy atom. The van der Waals surface area contributed by atoms with E-state index in [0.717, 1.165) is 29.0 Å². The second-order valence-corrected chi connectivity index (χ2v) is 9.97. The Labute approximate surface area is 204 Å². The van der Waals surface area contributed by atoms with Crippen molar-refractivity contribution in [2.45, 2.75) is 25.4 Å². The highest BCUT2D eigenvalue weighted by atomic mass is 16.3. The molecule has 3 aliphatic rings. The Morgan fingerprint density at radius 1 is 1.00 bits per heavy atom. The molecule has 0 N–H and O–H groups in total. The minimum absolute atomic E-state index is 0.193. The molecule has 2 aliphatic carbocycles. The van der Waals surface area contributed by atoms with Crippen molar-refractivity contribution in [1.82, 2.24) is 4.98 Å². The van der Waals surface area contributed by atoms with Crippen molar-refractivity contribution in [1.29, 1.82) is 5.26 Å². The van der Waals surface area contributed by atoms with Gasteiger partial charge in [-0.15, -0.1) is 0 Å². The number of benzene rings is 2. The van der Waals surface area contributed by atoms with Gasteiger partial charge in [-0.25, -0.2) is 0 Å². The van der Waals surface area contributed by atoms with Gasteiger partial charge in [0.25, 0.3) is 0 Å². The van der Waals surface area contributed by atoms with Gasteiger partial charge < -0.3 is 9.32 Å². The third kappa shape index (κ3) is 3.01. The number of hydrogen-bond donors (Lipinski definition) is 0. The fourth-order valence-corrected chi connectivity index (χ4v) is 6.52. The first-order chi connectivity index (χ1) is 17.2. The molecule has 5 atom stereocenters. The van der Waals surface area contributed by atoms with Gasteiger partial charge in [0.1, 0.15) is 17.4 Å². The average Bonchev–Trinajstić information content (AvgIpc) is 3.43. The molecule has 0 amide bonds. The molecule has 0 saturated carbocycles. The van der Waals surface area contributed by atoms with Crippen LogP contribution in [0.15, 0.2) is 89.5 Å². The minimum atomic E-state index is 0.193. The fourth-order valence-electron chi connectivity index (χ4n) is 6.52. The maximum absolute atomic E-state index is 9.66. The zero-order valence-corrected chi connectivity index (χ0v) is 19.5. The molecule has 1 saturated heterocycles. The molecule has 7 rings (SSSR count). The third-order valence-electron chi connectivity index (χ3n) is 7.96. The summed E-state index contributed by atoms with van der Waals surface area (Å²) in [5, 5.41) is 10.9. The summed E-state index contributed by atoms with van der Waals surface area (Å²) >= 11 is 0. The van der Waals surface area contributed by atoms with Crippen LogP contribution in [0.2, 0.25) is 0 Å². The molecule has 0 radical (unpaired) electrons. The molecule has 35 heavy (non-hydrogen) atoms. The van der Waals surface area contributed by atoms with Gasteiger partial charge in [0.15, 0.2) is 0 Å². The van der Waals surface area contributed by atoms with E-state index in [-0.39, 0.29) is 6.04 Å². The van der Waals surface area contributed by atoms with Gasteiger partial charge in [0.2, 0.25) is 0 Å². The average molecular weight is 456 g/mol. The van der Waals surface area contributed by atoms with Crippen molar-refractivity contribution in [3.05, 3.63) is 102 Å². The predicted molar refractivity (Wildman–Crippen MR) is 139 cm³/mol. The number of para-hydroxylation sites is 1. The number of pyridine rings is 1. The summed E-state index contributed by atoms with van der Waals surface area (Å²) in [5.41, 5.74) is 5.72. The monoisotopic (exact) mass is 455 g/mol. The van der Waals surface area contributed by atoms with E-state index in [0.29, 0.717) is 29.4 Å². The van der Waals surface area contributed by atoms with E-state index in [1.165, 1.54) is 16.6 Å². The molecule has 2 aromatic heterocycles. The van der Waals surface area contributed by atoms with Gasteiger partial charge in [-0.3, -0.25) is 4.98 Å². The predicted octanol–water partition coefficient (Wildman–Crippen LogP) is 7.15. The first kappa shape index (κ1) is 20.3. The number of aromatic nitrogens is 1. The van der Waals surface area contributed by atoms with E-state index in [1.807, 2.05) is 18.2 Å². The lowest BCUT2D eigenvalue weighted by Crippen LogP contribution is -2.36. The van der Waals surface area contributed by atoms with Gasteiger partial charge >= 0.3 is 0 Å². The van der Waals surface area contributed by atoms with Gasteiger partial charge in [0, 0.05) is 46.3 Å². The van der Waals surface area contributed by atoms with Crippen LogP contribution in [0.4, 0.5) is 5.69 Å². The number of fused-ring (bicyclic) bond motifs is 7. The van der Waals surface area contributed by atoms with Crippen LogP contribution in [0.3, 0.4) is 0 Å². The van der Waals surface area contributed by atoms with E-state index in [2.05, 4.69) is 89.6 Å². The van der Waals surface area contributed by atoms with E-state index >= 15 is 0 Å². The summed E-state index contributed by atoms with van der Waals surface area (Å²) in [7, 11) is 0. The summed E-state index contributed by atoms with van der Waals surface area (Å²) in [6, 6.07) is 23.5. The molecule has 170 valence electrons. The van der Waals surface area contributed by atoms with Crippen LogP contribution in [-0.2, 0) is 0 Å². The molecule has 4 heteroatoms. The number of hydrogen-bond acceptors (Lipinski definition) is 4. The first-order valence-corrected chi connectivity index (χ1v) is 12.3. The molecule has 0 spiro atoms. The maximum Gasteiger partial charge on any atom is 0.135 e. The highest BCUT2D eigenvalue weighted by Gasteiger charge is 2.51. The van der Waals surface area contributed by atoms with E-state index < -0.39 is 0 Å². The first-order valence-electron chi connectivity index (χ1n) is 12.3. The summed E-state index contributed by atoms with van der Waals surface area (Å²) in [6.07, 6.45) is 12.3. The van der Waals surface area contributed by atoms with Crippen LogP contribution in [0.5, 0.6) is 0 Å². The SMILES string of the molecule is CC1C=CC2C3C=Cc4oc5ccccc5c4C3N(c3cccc(-c4ncccc4C#N)c3)C2C1. The van der Waals surface area contributed by atoms with Crippen LogP contribution in [0.25, 0.3) is 28.3 Å². The lowest BCUT2D eigenvalue weighted by atomic mass is 9.77. The zero-order valence-electron chi connectivity index (χ0n) is 19.5. The Balaban J connectivity index is 1.42. The minimum Gasteiger partial charge on any atom is -0.456 e. The third-order valence-corrected chi connectivity index (χ3v) is 7.96. The van der Waals surface area contributed by atoms with E-state index in [4.69, 9.17) is 4.42 Å². The topological polar surface area (TPSA) is 53.1 Å². The molecule has 5 unspecified atom stereocenters. The van der Waals surface area contributed by atoms with Gasteiger partial charge in [-0.2, -0.15) is 5.26 Å². The highest BCUT2D eigenvalue weighted by molar-refractivity contribution is 5.87. The second-order valence-electron chi connectivity index (χ2n) is 9.97. The van der Waals surface area contributed by atoms with Crippen molar-refractivity contribution in [3.63, 3.8) is 0 Å². The van der Waals surface area contributed by atoms with Crippen LogP contribution in [-0.4, -0.2) is 11.0 Å². The zero-order chi connectivity index (χ0) is 23.5. The van der Waals surface area contributed by atoms with Crippen LogP contribution in [0.1, 0.15) is 36.3 Å². The van der Waals surface area contributed by atoms with Crippen LogP contribution in [0, 0.1) is 29.1 Å². The van der Waals surface area contributed by atoms with Crippen molar-refractivity contribution in [2.24, 2.45) is 17.8 Å². The van der Waals surface area contributed by atoms with Crippen LogP contribution >= 0.6 is 0 Å². The summed E-state index contributed by atoms with van der Waals surface area (Å²) in [4.78, 5) is 7.19. The Hall–Kier alpha value is -4.10.